The summed E-state index contributed by atoms with van der Waals surface area (Å²) in [6, 6.07) is 4.58. The Labute approximate surface area is 215 Å². The van der Waals surface area contributed by atoms with Gasteiger partial charge in [-0.3, -0.25) is 14.2 Å². The number of phenols is 1. The van der Waals surface area contributed by atoms with Crippen molar-refractivity contribution in [2.75, 3.05) is 33.8 Å². The topological polar surface area (TPSA) is 161 Å². The van der Waals surface area contributed by atoms with Gasteiger partial charge in [0.1, 0.15) is 11.4 Å². The molecule has 1 aliphatic rings. The number of aliphatic hydroxyl groups excluding tert-OH is 1. The number of carbonyl (C=O) groups excluding carboxylic acids is 3. The lowest BCUT2D eigenvalue weighted by molar-refractivity contribution is -0.143. The number of benzene rings is 2. The van der Waals surface area contributed by atoms with Gasteiger partial charge in [-0.2, -0.15) is 0 Å². The Morgan fingerprint density at radius 1 is 1.05 bits per heavy atom. The predicted molar refractivity (Wildman–Crippen MR) is 136 cm³/mol. The van der Waals surface area contributed by atoms with Crippen molar-refractivity contribution in [2.45, 2.75) is 19.1 Å². The molecule has 38 heavy (non-hydrogen) atoms. The van der Waals surface area contributed by atoms with Crippen LogP contribution in [0.1, 0.15) is 33.3 Å². The monoisotopic (exact) mass is 523 g/mol. The molecule has 12 heteroatoms. The molecule has 198 valence electrons. The number of ether oxygens (including phenoxy) is 4. The first-order valence-electron chi connectivity index (χ1n) is 11.4. The summed E-state index contributed by atoms with van der Waals surface area (Å²) < 4.78 is 22.3. The van der Waals surface area contributed by atoms with Crippen LogP contribution in [-0.4, -0.2) is 71.4 Å². The van der Waals surface area contributed by atoms with Crippen molar-refractivity contribution in [1.82, 2.24) is 9.55 Å². The van der Waals surface area contributed by atoms with Gasteiger partial charge in [-0.1, -0.05) is 0 Å². The van der Waals surface area contributed by atoms with Gasteiger partial charge in [-0.25, -0.2) is 4.79 Å². The van der Waals surface area contributed by atoms with Crippen LogP contribution in [0.3, 0.4) is 0 Å². The third-order valence-corrected chi connectivity index (χ3v) is 6.84. The predicted octanol–water partition coefficient (Wildman–Crippen LogP) is 2.57. The van der Waals surface area contributed by atoms with Gasteiger partial charge in [-0.05, 0) is 19.1 Å². The largest absolute Gasteiger partial charge is 0.506 e. The summed E-state index contributed by atoms with van der Waals surface area (Å²) in [6.07, 6.45) is 1.39. The molecule has 2 aromatic carbocycles. The second-order valence-electron chi connectivity index (χ2n) is 8.89. The second-order valence-corrected chi connectivity index (χ2v) is 8.89. The van der Waals surface area contributed by atoms with Crippen LogP contribution in [0.5, 0.6) is 23.0 Å². The Morgan fingerprint density at radius 3 is 2.37 bits per heavy atom. The average molecular weight is 523 g/mol. The van der Waals surface area contributed by atoms with Crippen LogP contribution in [0, 0.1) is 0 Å². The number of hydrogen-bond donors (Lipinski definition) is 4. The normalized spacial score (nSPS) is 16.4. The second kappa shape index (κ2) is 8.70. The van der Waals surface area contributed by atoms with Gasteiger partial charge in [0, 0.05) is 28.6 Å². The van der Waals surface area contributed by atoms with E-state index in [9.17, 15) is 24.6 Å². The quantitative estimate of drug-likeness (QED) is 0.168. The molecule has 0 aliphatic carbocycles. The first-order valence-corrected chi connectivity index (χ1v) is 11.4. The Bertz CT molecular complexity index is 1670. The van der Waals surface area contributed by atoms with E-state index in [-0.39, 0.29) is 39.2 Å². The van der Waals surface area contributed by atoms with E-state index in [4.69, 9.17) is 18.9 Å². The van der Waals surface area contributed by atoms with Crippen LogP contribution in [0.25, 0.3) is 21.8 Å². The molecule has 5 rings (SSSR count). The summed E-state index contributed by atoms with van der Waals surface area (Å²) in [5.74, 6) is -1.30. The van der Waals surface area contributed by atoms with Gasteiger partial charge >= 0.3 is 5.97 Å². The van der Waals surface area contributed by atoms with E-state index in [1.54, 1.807) is 12.1 Å². The molecule has 0 saturated carbocycles. The molecular weight excluding hydrogens is 498 g/mol. The summed E-state index contributed by atoms with van der Waals surface area (Å²) in [6.45, 7) is 0.832. The highest BCUT2D eigenvalue weighted by atomic mass is 16.5. The molecule has 4 N–H and O–H groups in total. The molecule has 12 nitrogen and oxygen atoms in total. The zero-order valence-electron chi connectivity index (χ0n) is 21.2. The zero-order valence-corrected chi connectivity index (χ0v) is 21.2. The Balaban J connectivity index is 1.71. The number of aromatic amines is 1. The summed E-state index contributed by atoms with van der Waals surface area (Å²) in [5, 5.41) is 24.5. The van der Waals surface area contributed by atoms with Crippen molar-refractivity contribution in [2.24, 2.45) is 0 Å². The summed E-state index contributed by atoms with van der Waals surface area (Å²) in [5.41, 5.74) is -0.719. The molecule has 0 bridgehead atoms. The number of carbonyl (C=O) groups is 3. The Hall–Kier alpha value is -4.71. The number of nitrogens with zero attached hydrogens (tertiary/aromatic N) is 1. The smallest absolute Gasteiger partial charge is 0.339 e. The molecule has 3 heterocycles. The third-order valence-electron chi connectivity index (χ3n) is 6.84. The highest BCUT2D eigenvalue weighted by Crippen LogP contribution is 2.46. The molecule has 0 amide bonds. The number of fused-ring (bicyclic) bond motifs is 4. The number of H-pyrrole nitrogens is 1. The number of Topliss-reactive ketones (excluding diaryl/α,β-unsaturated/α-hetero) is 1. The van der Waals surface area contributed by atoms with Gasteiger partial charge < -0.3 is 39.5 Å². The lowest BCUT2D eigenvalue weighted by Crippen LogP contribution is -2.47. The van der Waals surface area contributed by atoms with E-state index in [2.05, 4.69) is 10.3 Å². The van der Waals surface area contributed by atoms with Gasteiger partial charge in [0.05, 0.1) is 57.3 Å². The number of esters is 1. The highest BCUT2D eigenvalue weighted by molar-refractivity contribution is 6.30. The van der Waals surface area contributed by atoms with Crippen LogP contribution in [0.2, 0.25) is 0 Å². The van der Waals surface area contributed by atoms with Crippen LogP contribution in [0.15, 0.2) is 24.4 Å². The highest BCUT2D eigenvalue weighted by Gasteiger charge is 2.51. The van der Waals surface area contributed by atoms with Crippen LogP contribution in [-0.2, 0) is 16.1 Å². The van der Waals surface area contributed by atoms with Crippen molar-refractivity contribution in [3.8, 4) is 23.0 Å². The van der Waals surface area contributed by atoms with Crippen LogP contribution >= 0.6 is 0 Å². The number of nitrogens with one attached hydrogen (secondary N) is 2. The third kappa shape index (κ3) is 3.23. The van der Waals surface area contributed by atoms with E-state index >= 15 is 0 Å². The average Bonchev–Trinajstić information content (AvgIpc) is 3.59. The Kier molecular flexibility index (Phi) is 5.71. The lowest BCUT2D eigenvalue weighted by atomic mass is 9.93. The fourth-order valence-electron chi connectivity index (χ4n) is 5.00. The molecular formula is C26H25N3O9. The molecule has 0 spiro atoms. The minimum Gasteiger partial charge on any atom is -0.506 e. The van der Waals surface area contributed by atoms with Crippen molar-refractivity contribution < 1.29 is 43.5 Å². The molecule has 2 aromatic heterocycles. The standard InChI is InChI=1S/C26H25N3O9/c1-26(25(34)38-5)23(32)18-17-12(10-30)9-29(14(17)8-15(31)20(18)28-26)24(33)13-6-11-7-16(35-2)21(36-3)22(37-4)19(11)27-13/h6-9,27-28,30-31H,10H2,1-5H3/t26-/m0/s1. The summed E-state index contributed by atoms with van der Waals surface area (Å²) in [4.78, 5) is 42.6. The fraction of sp³-hybridized carbons (Fsp3) is 0.269. The van der Waals surface area contributed by atoms with Crippen molar-refractivity contribution in [1.29, 1.82) is 0 Å². The molecule has 0 saturated heterocycles. The number of anilines is 1. The van der Waals surface area contributed by atoms with Gasteiger partial charge in [0.2, 0.25) is 11.5 Å². The van der Waals surface area contributed by atoms with Gasteiger partial charge in [0.15, 0.2) is 17.0 Å². The lowest BCUT2D eigenvalue weighted by Gasteiger charge is -2.19. The number of phenolic OH excluding ortho intramolecular Hbond substituents is 1. The van der Waals surface area contributed by atoms with Gasteiger partial charge in [-0.15, -0.1) is 0 Å². The number of hydrogen-bond acceptors (Lipinski definition) is 10. The molecule has 0 fully saturated rings. The van der Waals surface area contributed by atoms with Crippen molar-refractivity contribution in [3.05, 3.63) is 41.2 Å². The van der Waals surface area contributed by atoms with E-state index in [1.165, 1.54) is 45.1 Å². The maximum Gasteiger partial charge on any atom is 0.339 e. The molecule has 0 unspecified atom stereocenters. The maximum atomic E-state index is 13.7. The molecule has 4 aromatic rings. The first kappa shape index (κ1) is 25.0. The van der Waals surface area contributed by atoms with Crippen LogP contribution < -0.4 is 19.5 Å². The number of aliphatic hydroxyl groups is 1. The number of aromatic hydroxyl groups is 1. The van der Waals surface area contributed by atoms with E-state index in [1.807, 2.05) is 0 Å². The summed E-state index contributed by atoms with van der Waals surface area (Å²) in [7, 11) is 5.56. The maximum absolute atomic E-state index is 13.7. The van der Waals surface area contributed by atoms with Crippen molar-refractivity contribution >= 4 is 45.2 Å². The van der Waals surface area contributed by atoms with E-state index in [0.717, 1.165) is 7.11 Å². The number of ketones is 1. The van der Waals surface area contributed by atoms with Crippen molar-refractivity contribution in [3.63, 3.8) is 0 Å². The van der Waals surface area contributed by atoms with Crippen LogP contribution in [0.4, 0.5) is 5.69 Å². The number of methoxy groups -OCH3 is 4. The molecule has 1 aliphatic heterocycles. The zero-order chi connectivity index (χ0) is 27.5. The SMILES string of the molecule is COC(=O)[C@@]1(C)Nc2c(O)cc3c(c(CO)cn3C(=O)c3cc4cc(OC)c(OC)c(OC)c4[nH]3)c2C1=O. The molecule has 1 atom stereocenters. The Morgan fingerprint density at radius 2 is 1.76 bits per heavy atom. The minimum atomic E-state index is -1.78. The first-order chi connectivity index (χ1) is 18.1. The number of aromatic nitrogens is 2. The summed E-state index contributed by atoms with van der Waals surface area (Å²) >= 11 is 0. The fourth-order valence-corrected chi connectivity index (χ4v) is 5.00. The van der Waals surface area contributed by atoms with Gasteiger partial charge in [0.25, 0.3) is 5.91 Å². The number of rotatable bonds is 6. The minimum absolute atomic E-state index is 0.0173. The van der Waals surface area contributed by atoms with E-state index in [0.29, 0.717) is 28.2 Å². The molecule has 0 radical (unpaired) electrons. The van der Waals surface area contributed by atoms with E-state index < -0.39 is 29.8 Å².